The molecule has 0 saturated carbocycles. The molecule has 16 heavy (non-hydrogen) atoms. The molecule has 0 radical (unpaired) electrons. The van der Waals surface area contributed by atoms with E-state index in [2.05, 4.69) is 0 Å². The highest BCUT2D eigenvalue weighted by Crippen LogP contribution is 2.36. The van der Waals surface area contributed by atoms with Gasteiger partial charge in [0.2, 0.25) is 0 Å². The zero-order valence-corrected chi connectivity index (χ0v) is 8.73. The first-order valence-electron chi connectivity index (χ1n) is 5.35. The van der Waals surface area contributed by atoms with Crippen LogP contribution in [-0.4, -0.2) is 24.3 Å². The summed E-state index contributed by atoms with van der Waals surface area (Å²) in [6, 6.07) is 3.68. The molecule has 0 bridgehead atoms. The molecule has 1 unspecified atom stereocenters. The van der Waals surface area contributed by atoms with Crippen LogP contribution < -0.4 is 0 Å². The molecule has 0 aliphatic carbocycles. The summed E-state index contributed by atoms with van der Waals surface area (Å²) in [6.45, 7) is 1.08. The maximum atomic E-state index is 11.6. The molecule has 4 nitrogen and oxygen atoms in total. The predicted octanol–water partition coefficient (Wildman–Crippen LogP) is 0.963. The third-order valence-corrected chi connectivity index (χ3v) is 3.17. The minimum atomic E-state index is -0.490. The largest absolute Gasteiger partial charge is 0.451 e. The second-order valence-electron chi connectivity index (χ2n) is 4.04. The molecule has 3 rings (SSSR count). The van der Waals surface area contributed by atoms with E-state index in [0.29, 0.717) is 18.8 Å². The number of hydrogen-bond donors (Lipinski definition) is 1. The quantitative estimate of drug-likeness (QED) is 0.716. The van der Waals surface area contributed by atoms with E-state index in [-0.39, 0.29) is 12.6 Å². The summed E-state index contributed by atoms with van der Waals surface area (Å²) in [5, 5.41) is 9.22. The van der Waals surface area contributed by atoms with E-state index < -0.39 is 6.10 Å². The highest BCUT2D eigenvalue weighted by Gasteiger charge is 2.34. The number of cyclic esters (lactones) is 1. The van der Waals surface area contributed by atoms with Crippen molar-refractivity contribution in [1.29, 1.82) is 0 Å². The average molecular weight is 220 g/mol. The van der Waals surface area contributed by atoms with Crippen LogP contribution in [0.2, 0.25) is 0 Å². The van der Waals surface area contributed by atoms with Gasteiger partial charge in [0.05, 0.1) is 25.4 Å². The van der Waals surface area contributed by atoms with Gasteiger partial charge in [-0.15, -0.1) is 0 Å². The molecule has 4 heteroatoms. The summed E-state index contributed by atoms with van der Waals surface area (Å²) in [6.07, 6.45) is 0.293. The number of hydrogen-bond acceptors (Lipinski definition) is 4. The molecule has 0 amide bonds. The average Bonchev–Trinajstić information content (AvgIpc) is 2.66. The summed E-state index contributed by atoms with van der Waals surface area (Å²) < 4.78 is 10.5. The highest BCUT2D eigenvalue weighted by molar-refractivity contribution is 5.94. The van der Waals surface area contributed by atoms with E-state index in [1.807, 2.05) is 6.07 Å². The lowest BCUT2D eigenvalue weighted by Gasteiger charge is -2.20. The Morgan fingerprint density at radius 3 is 3.12 bits per heavy atom. The van der Waals surface area contributed by atoms with Gasteiger partial charge in [-0.05, 0) is 23.6 Å². The van der Waals surface area contributed by atoms with Gasteiger partial charge in [-0.1, -0.05) is 6.07 Å². The zero-order valence-electron chi connectivity index (χ0n) is 8.73. The molecule has 2 aliphatic heterocycles. The third kappa shape index (κ3) is 1.27. The van der Waals surface area contributed by atoms with Gasteiger partial charge in [-0.3, -0.25) is 0 Å². The number of carbonyl (C=O) groups is 1. The van der Waals surface area contributed by atoms with Crippen LogP contribution in [0.4, 0.5) is 0 Å². The van der Waals surface area contributed by atoms with E-state index in [1.165, 1.54) is 0 Å². The van der Waals surface area contributed by atoms with Crippen molar-refractivity contribution in [1.82, 2.24) is 0 Å². The molecule has 1 atom stereocenters. The lowest BCUT2D eigenvalue weighted by atomic mass is 9.91. The normalized spacial score (nSPS) is 22.6. The van der Waals surface area contributed by atoms with Gasteiger partial charge < -0.3 is 14.6 Å². The smallest absolute Gasteiger partial charge is 0.339 e. The topological polar surface area (TPSA) is 55.8 Å². The van der Waals surface area contributed by atoms with Gasteiger partial charge in [0, 0.05) is 5.56 Å². The fraction of sp³-hybridized carbons (Fsp3) is 0.417. The second-order valence-corrected chi connectivity index (χ2v) is 4.04. The summed E-state index contributed by atoms with van der Waals surface area (Å²) in [7, 11) is 0. The number of carbonyl (C=O) groups excluding carboxylic acids is 1. The van der Waals surface area contributed by atoms with Gasteiger partial charge in [0.15, 0.2) is 6.10 Å². The van der Waals surface area contributed by atoms with E-state index in [1.54, 1.807) is 6.07 Å². The molecular weight excluding hydrogens is 208 g/mol. The third-order valence-electron chi connectivity index (χ3n) is 3.17. The van der Waals surface area contributed by atoms with Crippen molar-refractivity contribution in [3.05, 3.63) is 34.4 Å². The molecule has 1 aromatic rings. The Morgan fingerprint density at radius 2 is 2.31 bits per heavy atom. The Balaban J connectivity index is 2.18. The van der Waals surface area contributed by atoms with Crippen molar-refractivity contribution in [3.8, 4) is 0 Å². The molecule has 0 fully saturated rings. The predicted molar refractivity (Wildman–Crippen MR) is 55.0 cm³/mol. The van der Waals surface area contributed by atoms with Crippen molar-refractivity contribution < 1.29 is 19.4 Å². The molecular formula is C12H12O4. The van der Waals surface area contributed by atoms with E-state index in [4.69, 9.17) is 9.47 Å². The molecule has 2 heterocycles. The number of aliphatic hydroxyl groups is 1. The zero-order chi connectivity index (χ0) is 11.1. The Bertz CT molecular complexity index is 453. The standard InChI is InChI=1S/C12H12O4/c13-5-10-11-8-3-4-15-6-7(8)1-2-9(11)12(14)16-10/h1-2,10,13H,3-6H2. The van der Waals surface area contributed by atoms with Crippen LogP contribution in [0.15, 0.2) is 12.1 Å². The summed E-state index contributed by atoms with van der Waals surface area (Å²) in [5.74, 6) is -0.330. The molecule has 2 aliphatic rings. The van der Waals surface area contributed by atoms with Gasteiger partial charge in [0.25, 0.3) is 0 Å². The van der Waals surface area contributed by atoms with Crippen LogP contribution in [0.1, 0.15) is 33.2 Å². The number of rotatable bonds is 1. The monoisotopic (exact) mass is 220 g/mol. The van der Waals surface area contributed by atoms with Crippen LogP contribution in [0.5, 0.6) is 0 Å². The summed E-state index contributed by atoms with van der Waals surface area (Å²) >= 11 is 0. The lowest BCUT2D eigenvalue weighted by molar-refractivity contribution is 0.0231. The maximum absolute atomic E-state index is 11.6. The van der Waals surface area contributed by atoms with Gasteiger partial charge >= 0.3 is 5.97 Å². The minimum absolute atomic E-state index is 0.157. The fourth-order valence-electron chi connectivity index (χ4n) is 2.42. The molecule has 0 aromatic heterocycles. The Hall–Kier alpha value is -1.39. The number of fused-ring (bicyclic) bond motifs is 3. The molecule has 1 aromatic carbocycles. The molecule has 84 valence electrons. The van der Waals surface area contributed by atoms with Crippen molar-refractivity contribution in [3.63, 3.8) is 0 Å². The number of ether oxygens (including phenoxy) is 2. The molecule has 0 saturated heterocycles. The first-order valence-corrected chi connectivity index (χ1v) is 5.35. The van der Waals surface area contributed by atoms with E-state index >= 15 is 0 Å². The molecule has 0 spiro atoms. The Morgan fingerprint density at radius 1 is 1.44 bits per heavy atom. The van der Waals surface area contributed by atoms with Crippen molar-refractivity contribution in [2.45, 2.75) is 19.1 Å². The fourth-order valence-corrected chi connectivity index (χ4v) is 2.42. The van der Waals surface area contributed by atoms with E-state index in [9.17, 15) is 9.90 Å². The van der Waals surface area contributed by atoms with Gasteiger partial charge in [-0.2, -0.15) is 0 Å². The van der Waals surface area contributed by atoms with Gasteiger partial charge in [0.1, 0.15) is 0 Å². The Kier molecular flexibility index (Phi) is 2.19. The number of aliphatic hydroxyl groups excluding tert-OH is 1. The molecule has 1 N–H and O–H groups in total. The van der Waals surface area contributed by atoms with Gasteiger partial charge in [-0.25, -0.2) is 4.79 Å². The highest BCUT2D eigenvalue weighted by atomic mass is 16.6. The number of esters is 1. The SMILES string of the molecule is O=C1OC(CO)c2c1ccc1c2CCOC1. The first-order chi connectivity index (χ1) is 7.81. The number of benzene rings is 1. The lowest BCUT2D eigenvalue weighted by Crippen LogP contribution is -2.14. The Labute approximate surface area is 92.8 Å². The second kappa shape index (κ2) is 3.57. The van der Waals surface area contributed by atoms with E-state index in [0.717, 1.165) is 23.1 Å². The summed E-state index contributed by atoms with van der Waals surface area (Å²) in [4.78, 5) is 11.6. The summed E-state index contributed by atoms with van der Waals surface area (Å²) in [5.41, 5.74) is 3.68. The van der Waals surface area contributed by atoms with Crippen LogP contribution >= 0.6 is 0 Å². The van der Waals surface area contributed by atoms with Crippen LogP contribution in [0, 0.1) is 0 Å². The maximum Gasteiger partial charge on any atom is 0.339 e. The first kappa shape index (κ1) is 9.81. The van der Waals surface area contributed by atoms with Crippen molar-refractivity contribution in [2.75, 3.05) is 13.2 Å². The van der Waals surface area contributed by atoms with Crippen molar-refractivity contribution in [2.24, 2.45) is 0 Å². The minimum Gasteiger partial charge on any atom is -0.451 e. The van der Waals surface area contributed by atoms with Crippen LogP contribution in [0.25, 0.3) is 0 Å². The van der Waals surface area contributed by atoms with Crippen molar-refractivity contribution >= 4 is 5.97 Å². The van der Waals surface area contributed by atoms with Crippen LogP contribution in [-0.2, 0) is 22.5 Å². The van der Waals surface area contributed by atoms with Crippen LogP contribution in [0.3, 0.4) is 0 Å².